The van der Waals surface area contributed by atoms with Crippen molar-refractivity contribution in [1.29, 1.82) is 0 Å². The molecule has 0 heterocycles. The van der Waals surface area contributed by atoms with E-state index in [9.17, 15) is 43.9 Å². The molecule has 14 nitrogen and oxygen atoms in total. The van der Waals surface area contributed by atoms with E-state index in [4.69, 9.17) is 9.47 Å². The largest absolute Gasteiger partial charge is 0.491 e. The highest BCUT2D eigenvalue weighted by Gasteiger charge is 2.19. The van der Waals surface area contributed by atoms with Crippen LogP contribution in [-0.4, -0.2) is 72.8 Å². The zero-order chi connectivity index (χ0) is 36.0. The molecule has 0 saturated heterocycles. The molecule has 0 aliphatic carbocycles. The van der Waals surface area contributed by atoms with Crippen LogP contribution in [0, 0.1) is 0 Å². The molecule has 17 heteroatoms. The van der Waals surface area contributed by atoms with Gasteiger partial charge in [0.15, 0.2) is 9.84 Å². The Labute approximate surface area is 282 Å². The van der Waals surface area contributed by atoms with Crippen LogP contribution in [0.1, 0.15) is 31.8 Å². The van der Waals surface area contributed by atoms with Crippen LogP contribution in [0.4, 0.5) is 11.4 Å². The van der Waals surface area contributed by atoms with Crippen molar-refractivity contribution in [1.82, 2.24) is 0 Å². The maximum Gasteiger partial charge on any atom is 0.295 e. The third-order valence-electron chi connectivity index (χ3n) is 6.76. The van der Waals surface area contributed by atoms with E-state index in [1.165, 1.54) is 73.8 Å². The number of carbonyl (C=O) groups is 2. The first-order chi connectivity index (χ1) is 23.0. The molecule has 49 heavy (non-hydrogen) atoms. The Morgan fingerprint density at radius 3 is 1.47 bits per heavy atom. The summed E-state index contributed by atoms with van der Waals surface area (Å²) < 4.78 is 103. The van der Waals surface area contributed by atoms with Crippen molar-refractivity contribution in [3.8, 4) is 5.75 Å². The Kier molecular flexibility index (Phi) is 11.4. The fourth-order valence-electron chi connectivity index (χ4n) is 4.33. The highest BCUT2D eigenvalue weighted by Crippen LogP contribution is 2.27. The van der Waals surface area contributed by atoms with E-state index in [2.05, 4.69) is 10.6 Å². The van der Waals surface area contributed by atoms with E-state index in [1.807, 2.05) is 0 Å². The van der Waals surface area contributed by atoms with Crippen molar-refractivity contribution in [2.75, 3.05) is 37.2 Å². The van der Waals surface area contributed by atoms with Crippen molar-refractivity contribution >= 4 is 65.4 Å². The van der Waals surface area contributed by atoms with Crippen molar-refractivity contribution < 1.29 is 53.4 Å². The molecule has 0 spiro atoms. The van der Waals surface area contributed by atoms with E-state index in [0.29, 0.717) is 19.0 Å². The molecule has 4 aromatic carbocycles. The van der Waals surface area contributed by atoms with Crippen molar-refractivity contribution in [2.24, 2.45) is 0 Å². The summed E-state index contributed by atoms with van der Waals surface area (Å²) >= 11 is 0. The van der Waals surface area contributed by atoms with Crippen molar-refractivity contribution in [3.63, 3.8) is 0 Å². The van der Waals surface area contributed by atoms with Gasteiger partial charge in [-0.1, -0.05) is 24.3 Å². The maximum atomic E-state index is 12.8. The van der Waals surface area contributed by atoms with Gasteiger partial charge in [-0.05, 0) is 83.9 Å². The second-order valence-corrected chi connectivity index (χ2v) is 15.2. The molecule has 0 atom stereocenters. The summed E-state index contributed by atoms with van der Waals surface area (Å²) in [6.45, 7) is 0.695. The molecule has 0 aliphatic heterocycles. The van der Waals surface area contributed by atoms with Gasteiger partial charge in [0.1, 0.15) is 22.1 Å². The number of amides is 2. The Balaban J connectivity index is 1.56. The van der Waals surface area contributed by atoms with Gasteiger partial charge in [-0.2, -0.15) is 16.8 Å². The quantitative estimate of drug-likeness (QED) is 0.0861. The van der Waals surface area contributed by atoms with Gasteiger partial charge >= 0.3 is 0 Å². The van der Waals surface area contributed by atoms with Gasteiger partial charge in [0, 0.05) is 35.9 Å². The van der Waals surface area contributed by atoms with Gasteiger partial charge in [0.25, 0.3) is 32.1 Å². The van der Waals surface area contributed by atoms with Gasteiger partial charge < -0.3 is 20.1 Å². The monoisotopic (exact) mass is 730 g/mol. The zero-order valence-electron chi connectivity index (χ0n) is 25.9. The van der Waals surface area contributed by atoms with Crippen LogP contribution >= 0.6 is 0 Å². The number of benzene rings is 4. The zero-order valence-corrected chi connectivity index (χ0v) is 28.3. The average molecular weight is 731 g/mol. The van der Waals surface area contributed by atoms with Crippen LogP contribution in [0.15, 0.2) is 99.6 Å². The first-order valence-electron chi connectivity index (χ1n) is 14.0. The van der Waals surface area contributed by atoms with Crippen LogP contribution in [0.2, 0.25) is 0 Å². The van der Waals surface area contributed by atoms with Crippen LogP contribution in [0.5, 0.6) is 5.75 Å². The molecule has 0 aromatic heterocycles. The second kappa shape index (κ2) is 15.1. The molecule has 0 aliphatic rings. The van der Waals surface area contributed by atoms with E-state index in [1.54, 1.807) is 12.1 Å². The number of carbonyl (C=O) groups excluding carboxylic acids is 2. The normalized spacial score (nSPS) is 12.1. The molecule has 4 aromatic rings. The number of hydrogen-bond acceptors (Lipinski definition) is 10. The molecule has 0 radical (unpaired) electrons. The molecule has 0 fully saturated rings. The highest BCUT2D eigenvalue weighted by molar-refractivity contribution is 7.90. The van der Waals surface area contributed by atoms with E-state index >= 15 is 0 Å². The van der Waals surface area contributed by atoms with Gasteiger partial charge in [0.2, 0.25) is 0 Å². The molecular weight excluding hydrogens is 701 g/mol. The van der Waals surface area contributed by atoms with E-state index in [-0.39, 0.29) is 38.5 Å². The standard InChI is InChI=1S/C32H30N2O12S3/c1-45-17-18-46-27-13-7-23(8-14-27)31(35)33-25-11-5-21(29(19-25)48(39,40)41)3-4-22-6-12-26(20-30(22)49(42,43)44)34-32(36)24-9-15-28(16-10-24)47(2,37)38/h3-16,19-20H,17-18H2,1-2H3,(H,33,35)(H,34,36)(H,39,40,41)(H,42,43,44). The summed E-state index contributed by atoms with van der Waals surface area (Å²) in [5, 5.41) is 5.00. The molecule has 0 unspecified atom stereocenters. The second-order valence-electron chi connectivity index (χ2n) is 10.4. The Morgan fingerprint density at radius 1 is 0.653 bits per heavy atom. The maximum absolute atomic E-state index is 12.8. The van der Waals surface area contributed by atoms with Gasteiger partial charge in [-0.25, -0.2) is 8.42 Å². The summed E-state index contributed by atoms with van der Waals surface area (Å²) in [7, 11) is -11.7. The van der Waals surface area contributed by atoms with Gasteiger partial charge in [0.05, 0.1) is 11.5 Å². The number of ether oxygens (including phenoxy) is 2. The summed E-state index contributed by atoms with van der Waals surface area (Å²) in [6.07, 6.45) is 3.34. The molecular formula is C32H30N2O12S3. The minimum absolute atomic E-state index is 0.00300. The number of hydrogen-bond donors (Lipinski definition) is 4. The predicted octanol–water partition coefficient (Wildman–Crippen LogP) is 4.28. The fraction of sp³-hybridized carbons (Fsp3) is 0.125. The van der Waals surface area contributed by atoms with Crippen molar-refractivity contribution in [2.45, 2.75) is 14.7 Å². The molecule has 2 amide bonds. The first kappa shape index (κ1) is 36.9. The number of anilines is 2. The minimum atomic E-state index is -4.87. The predicted molar refractivity (Wildman–Crippen MR) is 181 cm³/mol. The average Bonchev–Trinajstić information content (AvgIpc) is 3.03. The third kappa shape index (κ3) is 10.0. The van der Waals surface area contributed by atoms with E-state index < -0.39 is 51.7 Å². The first-order valence-corrected chi connectivity index (χ1v) is 18.8. The Morgan fingerprint density at radius 2 is 1.08 bits per heavy atom. The molecule has 258 valence electrons. The number of sulfone groups is 1. The summed E-state index contributed by atoms with van der Waals surface area (Å²) in [5.74, 6) is -0.767. The SMILES string of the molecule is COCCOc1ccc(C(=O)Nc2ccc(C=Cc3ccc(NC(=O)c4ccc(S(C)(=O)=O)cc4)cc3S(=O)(=O)O)c(S(=O)(=O)O)c2)cc1. The number of nitrogens with one attached hydrogen (secondary N) is 2. The Bertz CT molecular complexity index is 2230. The molecule has 4 N–H and O–H groups in total. The van der Waals surface area contributed by atoms with E-state index in [0.717, 1.165) is 24.5 Å². The summed E-state index contributed by atoms with van der Waals surface area (Å²) in [6, 6.07) is 18.3. The lowest BCUT2D eigenvalue weighted by Gasteiger charge is -2.11. The van der Waals surface area contributed by atoms with Crippen LogP contribution in [0.25, 0.3) is 12.2 Å². The van der Waals surface area contributed by atoms with Gasteiger partial charge in [-0.3, -0.25) is 18.7 Å². The number of methoxy groups -OCH3 is 1. The molecule has 0 saturated carbocycles. The molecule has 0 bridgehead atoms. The summed E-state index contributed by atoms with van der Waals surface area (Å²) in [5.41, 5.74) is 0.108. The van der Waals surface area contributed by atoms with Crippen molar-refractivity contribution in [3.05, 3.63) is 107 Å². The summed E-state index contributed by atoms with van der Waals surface area (Å²) in [4.78, 5) is 24.2. The highest BCUT2D eigenvalue weighted by atomic mass is 32.2. The van der Waals surface area contributed by atoms with Crippen LogP contribution < -0.4 is 15.4 Å². The number of rotatable bonds is 13. The smallest absolute Gasteiger partial charge is 0.295 e. The molecule has 4 rings (SSSR count). The fourth-order valence-corrected chi connectivity index (χ4v) is 6.38. The third-order valence-corrected chi connectivity index (χ3v) is 9.71. The topological polar surface area (TPSA) is 220 Å². The minimum Gasteiger partial charge on any atom is -0.491 e. The lowest BCUT2D eigenvalue weighted by Crippen LogP contribution is -2.13. The van der Waals surface area contributed by atoms with Crippen LogP contribution in [-0.2, 0) is 34.8 Å². The van der Waals surface area contributed by atoms with Crippen LogP contribution in [0.3, 0.4) is 0 Å². The lowest BCUT2D eigenvalue weighted by atomic mass is 10.1. The lowest BCUT2D eigenvalue weighted by molar-refractivity contribution is 0.101. The Hall–Kier alpha value is -4.91. The van der Waals surface area contributed by atoms with Gasteiger partial charge in [-0.15, -0.1) is 0 Å².